The van der Waals surface area contributed by atoms with E-state index >= 15 is 0 Å². The van der Waals surface area contributed by atoms with Crippen LogP contribution in [0.25, 0.3) is 0 Å². The van der Waals surface area contributed by atoms with E-state index in [4.69, 9.17) is 5.73 Å². The largest absolute Gasteiger partial charge is 0.399 e. The van der Waals surface area contributed by atoms with E-state index < -0.39 is 15.8 Å². The number of halogens is 1. The fraction of sp³-hybridized carbons (Fsp3) is 0.455. The molecule has 1 aromatic carbocycles. The predicted molar refractivity (Wildman–Crippen MR) is 67.1 cm³/mol. The quantitative estimate of drug-likeness (QED) is 0.789. The van der Waals surface area contributed by atoms with Gasteiger partial charge in [-0.3, -0.25) is 0 Å². The van der Waals surface area contributed by atoms with Gasteiger partial charge in [-0.25, -0.2) is 12.8 Å². The molecule has 1 heterocycles. The number of nitrogens with zero attached hydrogens (tertiary/aromatic N) is 2. The zero-order valence-corrected chi connectivity index (χ0v) is 11.0. The van der Waals surface area contributed by atoms with Crippen molar-refractivity contribution in [2.24, 2.45) is 0 Å². The number of sulfonamides is 1. The molecule has 0 aromatic heterocycles. The Morgan fingerprint density at radius 2 is 1.83 bits per heavy atom. The lowest BCUT2D eigenvalue weighted by molar-refractivity contribution is 0.222. The molecule has 0 spiro atoms. The number of likely N-dealkylation sites (N-methyl/N-ethyl adjacent to an activating group) is 1. The maximum Gasteiger partial charge on any atom is 0.246 e. The second kappa shape index (κ2) is 4.83. The molecule has 5 nitrogen and oxygen atoms in total. The highest BCUT2D eigenvalue weighted by Crippen LogP contribution is 2.22. The summed E-state index contributed by atoms with van der Waals surface area (Å²) in [6, 6.07) is 3.65. The second-order valence-corrected chi connectivity index (χ2v) is 6.30. The summed E-state index contributed by atoms with van der Waals surface area (Å²) in [6.45, 7) is 2.05. The van der Waals surface area contributed by atoms with E-state index in [1.807, 2.05) is 11.9 Å². The highest BCUT2D eigenvalue weighted by molar-refractivity contribution is 7.89. The van der Waals surface area contributed by atoms with Crippen LogP contribution in [-0.2, 0) is 10.0 Å². The average molecular weight is 273 g/mol. The highest BCUT2D eigenvalue weighted by Gasteiger charge is 2.29. The van der Waals surface area contributed by atoms with Crippen molar-refractivity contribution in [1.82, 2.24) is 9.21 Å². The van der Waals surface area contributed by atoms with Crippen LogP contribution >= 0.6 is 0 Å². The smallest absolute Gasteiger partial charge is 0.246 e. The Bertz CT molecular complexity index is 539. The first-order valence-electron chi connectivity index (χ1n) is 5.65. The number of anilines is 1. The number of rotatable bonds is 2. The van der Waals surface area contributed by atoms with Crippen LogP contribution in [-0.4, -0.2) is 50.8 Å². The second-order valence-electron chi connectivity index (χ2n) is 4.40. The van der Waals surface area contributed by atoms with Crippen molar-refractivity contribution in [1.29, 1.82) is 0 Å². The maximum absolute atomic E-state index is 13.7. The first-order valence-corrected chi connectivity index (χ1v) is 7.09. The van der Waals surface area contributed by atoms with Gasteiger partial charge in [0.25, 0.3) is 0 Å². The average Bonchev–Trinajstić information content (AvgIpc) is 2.29. The van der Waals surface area contributed by atoms with Crippen molar-refractivity contribution >= 4 is 15.7 Å². The normalized spacial score (nSPS) is 19.0. The Hall–Kier alpha value is -1.18. The number of hydrogen-bond donors (Lipinski definition) is 1. The molecule has 1 fully saturated rings. The first-order chi connectivity index (χ1) is 8.41. The molecule has 0 radical (unpaired) electrons. The van der Waals surface area contributed by atoms with Gasteiger partial charge in [0.15, 0.2) is 0 Å². The van der Waals surface area contributed by atoms with E-state index in [-0.39, 0.29) is 10.6 Å². The Balaban J connectivity index is 2.30. The van der Waals surface area contributed by atoms with Gasteiger partial charge in [-0.2, -0.15) is 4.31 Å². The molecule has 100 valence electrons. The molecule has 0 unspecified atom stereocenters. The Kier molecular flexibility index (Phi) is 3.56. The number of benzene rings is 1. The minimum absolute atomic E-state index is 0.213. The molecule has 1 saturated heterocycles. The fourth-order valence-electron chi connectivity index (χ4n) is 1.89. The van der Waals surface area contributed by atoms with E-state index in [2.05, 4.69) is 0 Å². The molecule has 0 aliphatic carbocycles. The summed E-state index contributed by atoms with van der Waals surface area (Å²) in [7, 11) is -1.83. The van der Waals surface area contributed by atoms with Gasteiger partial charge >= 0.3 is 0 Å². The summed E-state index contributed by atoms with van der Waals surface area (Å²) in [5, 5.41) is 0. The predicted octanol–water partition coefficient (Wildman–Crippen LogP) is 0.344. The minimum Gasteiger partial charge on any atom is -0.399 e. The summed E-state index contributed by atoms with van der Waals surface area (Å²) >= 11 is 0. The van der Waals surface area contributed by atoms with Gasteiger partial charge in [-0.15, -0.1) is 0 Å². The molecule has 7 heteroatoms. The number of nitrogens with two attached hydrogens (primary N) is 1. The van der Waals surface area contributed by atoms with E-state index in [0.29, 0.717) is 26.2 Å². The van der Waals surface area contributed by atoms with Crippen molar-refractivity contribution in [3.05, 3.63) is 24.0 Å². The van der Waals surface area contributed by atoms with Gasteiger partial charge in [0.1, 0.15) is 10.7 Å². The van der Waals surface area contributed by atoms with Crippen LogP contribution in [0.5, 0.6) is 0 Å². The number of hydrogen-bond acceptors (Lipinski definition) is 4. The number of nitrogen functional groups attached to an aromatic ring is 1. The summed E-state index contributed by atoms with van der Waals surface area (Å²) < 4.78 is 39.5. The molecular formula is C11H16FN3O2S. The van der Waals surface area contributed by atoms with E-state index in [1.54, 1.807) is 0 Å². The zero-order valence-electron chi connectivity index (χ0n) is 10.1. The highest BCUT2D eigenvalue weighted by atomic mass is 32.2. The van der Waals surface area contributed by atoms with Gasteiger partial charge in [-0.1, -0.05) is 0 Å². The van der Waals surface area contributed by atoms with Gasteiger partial charge in [-0.05, 0) is 25.2 Å². The summed E-state index contributed by atoms with van der Waals surface area (Å²) in [4.78, 5) is 1.73. The Morgan fingerprint density at radius 1 is 1.22 bits per heavy atom. The van der Waals surface area contributed by atoms with Crippen molar-refractivity contribution in [2.75, 3.05) is 39.0 Å². The lowest BCUT2D eigenvalue weighted by Gasteiger charge is -2.31. The molecular weight excluding hydrogens is 257 g/mol. The molecule has 18 heavy (non-hydrogen) atoms. The van der Waals surface area contributed by atoms with Crippen LogP contribution in [0, 0.1) is 5.82 Å². The van der Waals surface area contributed by atoms with E-state index in [0.717, 1.165) is 6.07 Å². The van der Waals surface area contributed by atoms with Crippen LogP contribution < -0.4 is 5.73 Å². The lowest BCUT2D eigenvalue weighted by Crippen LogP contribution is -2.47. The van der Waals surface area contributed by atoms with Crippen molar-refractivity contribution < 1.29 is 12.8 Å². The molecule has 0 atom stereocenters. The molecule has 2 N–H and O–H groups in total. The lowest BCUT2D eigenvalue weighted by atomic mass is 10.3. The Morgan fingerprint density at radius 3 is 2.39 bits per heavy atom. The zero-order chi connectivity index (χ0) is 13.3. The summed E-state index contributed by atoms with van der Waals surface area (Å²) in [6.07, 6.45) is 0. The molecule has 1 aromatic rings. The van der Waals surface area contributed by atoms with Gasteiger partial charge in [0.2, 0.25) is 10.0 Å². The van der Waals surface area contributed by atoms with Gasteiger partial charge in [0.05, 0.1) is 0 Å². The van der Waals surface area contributed by atoms with Crippen LogP contribution in [0.4, 0.5) is 10.1 Å². The Labute approximate surface area is 106 Å². The van der Waals surface area contributed by atoms with E-state index in [9.17, 15) is 12.8 Å². The molecule has 0 saturated carbocycles. The topological polar surface area (TPSA) is 66.6 Å². The van der Waals surface area contributed by atoms with Crippen LogP contribution in [0.2, 0.25) is 0 Å². The molecule has 0 bridgehead atoms. The third-order valence-corrected chi connectivity index (χ3v) is 4.97. The van der Waals surface area contributed by atoms with Crippen molar-refractivity contribution in [2.45, 2.75) is 4.90 Å². The van der Waals surface area contributed by atoms with Crippen LogP contribution in [0.1, 0.15) is 0 Å². The minimum atomic E-state index is -3.76. The van der Waals surface area contributed by atoms with Crippen LogP contribution in [0.15, 0.2) is 23.1 Å². The molecule has 0 amide bonds. The van der Waals surface area contributed by atoms with Crippen LogP contribution in [0.3, 0.4) is 0 Å². The monoisotopic (exact) mass is 273 g/mol. The SMILES string of the molecule is CN1CCN(S(=O)(=O)c2ccc(N)cc2F)CC1. The third-order valence-electron chi connectivity index (χ3n) is 3.04. The maximum atomic E-state index is 13.7. The molecule has 1 aliphatic heterocycles. The summed E-state index contributed by atoms with van der Waals surface area (Å²) in [5.41, 5.74) is 5.63. The van der Waals surface area contributed by atoms with E-state index in [1.165, 1.54) is 16.4 Å². The third kappa shape index (κ3) is 2.47. The molecule has 1 aliphatic rings. The number of piperazine rings is 1. The van der Waals surface area contributed by atoms with Gasteiger partial charge in [0, 0.05) is 31.9 Å². The van der Waals surface area contributed by atoms with Crippen molar-refractivity contribution in [3.63, 3.8) is 0 Å². The standard InChI is InChI=1S/C11H16FN3O2S/c1-14-4-6-15(7-5-14)18(16,17)11-3-2-9(13)8-10(11)12/h2-3,8H,4-7,13H2,1H3. The molecule has 2 rings (SSSR count). The summed E-state index contributed by atoms with van der Waals surface area (Å²) in [5.74, 6) is -0.797. The fourth-order valence-corrected chi connectivity index (χ4v) is 3.36. The van der Waals surface area contributed by atoms with Gasteiger partial charge < -0.3 is 10.6 Å². The van der Waals surface area contributed by atoms with Crippen molar-refractivity contribution in [3.8, 4) is 0 Å². The first kappa shape index (κ1) is 13.3.